The molecule has 5 aliphatic heterocycles. The number of nitrogens with zero attached hydrogens (tertiary/aromatic N) is 2. The second-order valence-corrected chi connectivity index (χ2v) is 22.2. The topological polar surface area (TPSA) is 170 Å². The monoisotopic (exact) mass is 918 g/mol. The van der Waals surface area contributed by atoms with Crippen molar-refractivity contribution in [3.8, 4) is 41.1 Å². The van der Waals surface area contributed by atoms with Crippen molar-refractivity contribution < 1.29 is 34.7 Å². The number of carbonyl (C=O) groups excluding carboxylic acids is 1. The van der Waals surface area contributed by atoms with Crippen LogP contribution in [0, 0.1) is 58.4 Å². The van der Waals surface area contributed by atoms with Gasteiger partial charge in [-0.3, -0.25) is 15.1 Å². The Hall–Kier alpha value is -4.88. The minimum Gasteiger partial charge on any atom is -0.508 e. The van der Waals surface area contributed by atoms with Crippen molar-refractivity contribution in [2.75, 3.05) is 13.1 Å². The first-order valence-corrected chi connectivity index (χ1v) is 26.0. The van der Waals surface area contributed by atoms with Crippen LogP contribution in [0.2, 0.25) is 0 Å². The van der Waals surface area contributed by atoms with Crippen molar-refractivity contribution in [2.24, 2.45) is 45.2 Å². The Kier molecular flexibility index (Phi) is 11.4. The number of carbonyl (C=O) groups is 1. The van der Waals surface area contributed by atoms with E-state index in [2.05, 4.69) is 64.7 Å². The number of aliphatic hydroxyl groups excluding tert-OH is 3. The van der Waals surface area contributed by atoms with E-state index in [9.17, 15) is 25.2 Å². The molecule has 2 bridgehead atoms. The predicted molar refractivity (Wildman–Crippen MR) is 258 cm³/mol. The van der Waals surface area contributed by atoms with Crippen molar-refractivity contribution in [2.45, 2.75) is 158 Å². The number of nitrogens with two attached hydrogens (primary N) is 1. The molecule has 10 unspecified atom stereocenters. The quantitative estimate of drug-likeness (QED) is 0.118. The van der Waals surface area contributed by atoms with E-state index in [1.165, 1.54) is 67.7 Å². The number of phenolic OH excluding ortho intramolecular Hbond substituents is 1. The number of aliphatic imine (C=N–C) groups is 1. The van der Waals surface area contributed by atoms with Crippen LogP contribution in [0.4, 0.5) is 0 Å². The molecule has 10 atom stereocenters. The van der Waals surface area contributed by atoms with Gasteiger partial charge in [0.15, 0.2) is 17.7 Å². The van der Waals surface area contributed by atoms with Crippen LogP contribution in [0.15, 0.2) is 65.0 Å². The van der Waals surface area contributed by atoms with E-state index in [-0.39, 0.29) is 54.0 Å². The molecule has 3 fully saturated rings. The van der Waals surface area contributed by atoms with Crippen molar-refractivity contribution in [1.29, 1.82) is 0 Å². The molecule has 7 N–H and O–H groups in total. The van der Waals surface area contributed by atoms with Gasteiger partial charge in [0, 0.05) is 55.3 Å². The summed E-state index contributed by atoms with van der Waals surface area (Å²) in [5.41, 5.74) is 14.5. The maximum atomic E-state index is 13.5. The molecule has 5 heterocycles. The highest BCUT2D eigenvalue weighted by Crippen LogP contribution is 2.65. The summed E-state index contributed by atoms with van der Waals surface area (Å²) in [6, 6.07) is 7.46. The number of phenols is 1. The van der Waals surface area contributed by atoms with Crippen molar-refractivity contribution in [3.63, 3.8) is 0 Å². The van der Waals surface area contributed by atoms with Crippen LogP contribution in [0.5, 0.6) is 17.2 Å². The van der Waals surface area contributed by atoms with Gasteiger partial charge >= 0.3 is 0 Å². The molecule has 0 amide bonds. The third-order valence-corrected chi connectivity index (χ3v) is 18.3. The zero-order valence-corrected chi connectivity index (χ0v) is 39.1. The summed E-state index contributed by atoms with van der Waals surface area (Å²) in [5.74, 6) is 11.3. The molecule has 356 valence electrons. The minimum absolute atomic E-state index is 0.0112. The molecule has 0 saturated heterocycles. The molecule has 10 aliphatic rings. The van der Waals surface area contributed by atoms with Gasteiger partial charge in [-0.15, -0.1) is 0 Å². The van der Waals surface area contributed by atoms with Crippen LogP contribution in [-0.2, 0) is 11.2 Å². The lowest BCUT2D eigenvalue weighted by atomic mass is 9.55. The number of fused-ring (bicyclic) bond motifs is 7. The number of aryl methyl sites for hydroxylation is 1. The van der Waals surface area contributed by atoms with Crippen LogP contribution in [-0.4, -0.2) is 68.3 Å². The largest absolute Gasteiger partial charge is 0.508 e. The summed E-state index contributed by atoms with van der Waals surface area (Å²) in [5, 5.41) is 49.9. The van der Waals surface area contributed by atoms with E-state index >= 15 is 0 Å². The van der Waals surface area contributed by atoms with Gasteiger partial charge in [-0.05, 0) is 120 Å². The maximum absolute atomic E-state index is 13.5. The number of rotatable bonds is 7. The molecule has 11 nitrogen and oxygen atoms in total. The minimum atomic E-state index is -1.07. The first kappa shape index (κ1) is 44.3. The van der Waals surface area contributed by atoms with E-state index in [1.54, 1.807) is 6.07 Å². The Bertz CT molecular complexity index is 2630. The number of nitrogens with one attached hydrogen (secondary N) is 1. The molecule has 12 rings (SSSR count). The van der Waals surface area contributed by atoms with Gasteiger partial charge in [0.1, 0.15) is 23.7 Å². The van der Waals surface area contributed by atoms with Gasteiger partial charge in [-0.25, -0.2) is 0 Å². The van der Waals surface area contributed by atoms with Crippen LogP contribution < -0.4 is 20.5 Å². The molecule has 2 aromatic rings. The van der Waals surface area contributed by atoms with Crippen LogP contribution in [0.1, 0.15) is 161 Å². The highest BCUT2D eigenvalue weighted by atomic mass is 16.5. The lowest BCUT2D eigenvalue weighted by Gasteiger charge is -2.50. The lowest BCUT2D eigenvalue weighted by molar-refractivity contribution is -0.122. The number of hydrogen-bond acceptors (Lipinski definition) is 11. The Morgan fingerprint density at radius 3 is 2.57 bits per heavy atom. The van der Waals surface area contributed by atoms with Crippen LogP contribution >= 0.6 is 0 Å². The van der Waals surface area contributed by atoms with Gasteiger partial charge in [-0.2, -0.15) is 0 Å². The molecule has 5 aliphatic carbocycles. The zero-order chi connectivity index (χ0) is 46.3. The second kappa shape index (κ2) is 17.5. The van der Waals surface area contributed by atoms with Crippen LogP contribution in [0.25, 0.3) is 0 Å². The smallest absolute Gasteiger partial charge is 0.187 e. The number of aromatic hydroxyl groups is 1. The standard InChI is InChI=1S/C57H66N4O7/c58-54-40-15-14-39-45(63)17-16-43-55(61-31-42-41(30-59-44(42)32-61)53-52(39)51(40)36(29-60-54)28-57(53)20-6-7-21-57)68-50-25-35(46(64)27-49(50)67-23-22-56(43)18-4-5-19-56)10-12-37(62)26-48(66)38-13-11-34(24-47(38)65)33-8-2-1-3-9-33/h11,13-15,25,27,30-31,33-34,36,38,43,45,47-48,53-55,60,63-66H,1-10,12,18-21,24,26,28-29,32,58H2. The summed E-state index contributed by atoms with van der Waals surface area (Å²) in [6.07, 6.45) is 23.9. The van der Waals surface area contributed by atoms with Crippen molar-refractivity contribution >= 4 is 11.5 Å². The SMILES string of the molecule is NC1NCC2CC3(CCCC3)C3C4=CN=C5CN(C=C45)C4Oc5cc(CCC(=O)CC(O)C6C=CC(C7CCCCC7)CC6O)c(O)cc5OC#CC5(CCCC5)C4C#CC(O)c4ccc1c2c43. The molecule has 3 saturated carbocycles. The fourth-order valence-corrected chi connectivity index (χ4v) is 14.9. The fraction of sp³-hybridized carbons (Fsp3) is 0.579. The Morgan fingerprint density at radius 1 is 0.971 bits per heavy atom. The molecule has 11 heteroatoms. The van der Waals surface area contributed by atoms with Gasteiger partial charge < -0.3 is 40.5 Å². The molecule has 68 heavy (non-hydrogen) atoms. The number of ether oxygens (including phenoxy) is 2. The second-order valence-electron chi connectivity index (χ2n) is 22.2. The first-order valence-electron chi connectivity index (χ1n) is 26.0. The normalized spacial score (nSPS) is 32.9. The number of allylic oxidation sites excluding steroid dienone is 2. The van der Waals surface area contributed by atoms with Crippen molar-refractivity contribution in [1.82, 2.24) is 10.2 Å². The predicted octanol–water partition coefficient (Wildman–Crippen LogP) is 7.99. The highest BCUT2D eigenvalue weighted by molar-refractivity contribution is 6.10. The van der Waals surface area contributed by atoms with E-state index in [4.69, 9.17) is 20.2 Å². The Labute approximate surface area is 400 Å². The third kappa shape index (κ3) is 7.54. The number of benzene rings is 2. The summed E-state index contributed by atoms with van der Waals surface area (Å²) >= 11 is 0. The van der Waals surface area contributed by atoms with Gasteiger partial charge in [0.2, 0.25) is 0 Å². The molecule has 0 radical (unpaired) electrons. The zero-order valence-electron chi connectivity index (χ0n) is 39.1. The molecule has 0 aromatic heterocycles. The highest BCUT2D eigenvalue weighted by Gasteiger charge is 2.55. The first-order chi connectivity index (χ1) is 33.1. The van der Waals surface area contributed by atoms with E-state index in [0.717, 1.165) is 73.9 Å². The fourth-order valence-electron chi connectivity index (χ4n) is 14.9. The van der Waals surface area contributed by atoms with Crippen LogP contribution in [0.3, 0.4) is 0 Å². The average molecular weight is 919 g/mol. The number of hydrogen-bond donors (Lipinski definition) is 6. The van der Waals surface area contributed by atoms with Gasteiger partial charge in [0.05, 0.1) is 42.0 Å². The summed E-state index contributed by atoms with van der Waals surface area (Å²) in [6.45, 7) is 1.32. The van der Waals surface area contributed by atoms with Crippen molar-refractivity contribution in [3.05, 3.63) is 87.8 Å². The maximum Gasteiger partial charge on any atom is 0.187 e. The van der Waals surface area contributed by atoms with E-state index in [1.807, 2.05) is 6.08 Å². The molecule has 2 aromatic carbocycles. The molecule has 2 spiro atoms. The Balaban J connectivity index is 0.873. The van der Waals surface area contributed by atoms with E-state index < -0.39 is 41.8 Å². The lowest BCUT2D eigenvalue weighted by Crippen LogP contribution is -2.47. The van der Waals surface area contributed by atoms with Gasteiger partial charge in [0.25, 0.3) is 0 Å². The third-order valence-electron chi connectivity index (χ3n) is 18.3. The summed E-state index contributed by atoms with van der Waals surface area (Å²) < 4.78 is 13.4. The van der Waals surface area contributed by atoms with E-state index in [0.29, 0.717) is 42.0 Å². The average Bonchev–Trinajstić information content (AvgIpc) is 4.17. The summed E-state index contributed by atoms with van der Waals surface area (Å²) in [4.78, 5) is 20.9. The summed E-state index contributed by atoms with van der Waals surface area (Å²) in [7, 11) is 0. The number of ketones is 1. The molecular weight excluding hydrogens is 853 g/mol. The number of aliphatic hydroxyl groups is 3. The molecular formula is C57H66N4O7. The Morgan fingerprint density at radius 2 is 1.76 bits per heavy atom. The number of Topliss-reactive ketones (excluding diaryl/α,β-unsaturated/α-hetero) is 1. The van der Waals surface area contributed by atoms with Gasteiger partial charge in [-0.1, -0.05) is 87.0 Å².